The Bertz CT molecular complexity index is 509. The van der Waals surface area contributed by atoms with Crippen LogP contribution in [0, 0.1) is 6.92 Å². The predicted molar refractivity (Wildman–Crippen MR) is 65.5 cm³/mol. The van der Waals surface area contributed by atoms with E-state index in [1.165, 1.54) is 11.1 Å². The Balaban J connectivity index is 2.09. The molecule has 3 rings (SSSR count). The Hall–Kier alpha value is -1.47. The molecule has 0 radical (unpaired) electrons. The summed E-state index contributed by atoms with van der Waals surface area (Å²) in [6.45, 7) is 2.07. The third-order valence-electron chi connectivity index (χ3n) is 2.85. The van der Waals surface area contributed by atoms with E-state index in [1.807, 2.05) is 18.2 Å². The Morgan fingerprint density at radius 1 is 1.00 bits per heavy atom. The lowest BCUT2D eigenvalue weighted by molar-refractivity contribution is 0.459. The fraction of sp³-hybridized carbons (Fsp3) is 0.143. The lowest BCUT2D eigenvalue weighted by Gasteiger charge is -2.20. The molecule has 16 heavy (non-hydrogen) atoms. The van der Waals surface area contributed by atoms with Crippen molar-refractivity contribution in [2.24, 2.45) is 0 Å². The minimum Gasteiger partial charge on any atom is -0.457 e. The number of hydrogen-bond acceptors (Lipinski definition) is 1. The maximum absolute atomic E-state index is 5.97. The lowest BCUT2D eigenvalue weighted by atomic mass is 9.99. The van der Waals surface area contributed by atoms with Crippen LogP contribution in [-0.4, -0.2) is 0 Å². The third kappa shape index (κ3) is 1.57. The van der Waals surface area contributed by atoms with Crippen LogP contribution in [0.15, 0.2) is 36.4 Å². The molecule has 0 amide bonds. The summed E-state index contributed by atoms with van der Waals surface area (Å²) in [7, 11) is 0. The Morgan fingerprint density at radius 2 is 1.88 bits per heavy atom. The molecule has 1 aliphatic rings. The van der Waals surface area contributed by atoms with Crippen LogP contribution in [0.1, 0.15) is 16.7 Å². The number of hydrogen-bond donors (Lipinski definition) is 0. The van der Waals surface area contributed by atoms with Gasteiger partial charge in [0.2, 0.25) is 0 Å². The maximum Gasteiger partial charge on any atom is 0.131 e. The van der Waals surface area contributed by atoms with E-state index in [4.69, 9.17) is 16.3 Å². The highest BCUT2D eigenvalue weighted by atomic mass is 35.5. The van der Waals surface area contributed by atoms with Gasteiger partial charge in [0.25, 0.3) is 0 Å². The molecule has 0 N–H and O–H groups in total. The highest BCUT2D eigenvalue weighted by molar-refractivity contribution is 6.30. The highest BCUT2D eigenvalue weighted by Crippen LogP contribution is 2.37. The summed E-state index contributed by atoms with van der Waals surface area (Å²) in [5.74, 6) is 1.89. The standard InChI is InChI=1S/C14H11ClO/c1-9-2-3-10-7-11-8-12(15)4-5-13(11)16-14(10)6-9/h2-6,8H,7H2,1H3. The largest absolute Gasteiger partial charge is 0.457 e. The fourth-order valence-corrected chi connectivity index (χ4v) is 2.21. The molecule has 0 bridgehead atoms. The van der Waals surface area contributed by atoms with Crippen LogP contribution in [0.2, 0.25) is 5.02 Å². The first-order valence-corrected chi connectivity index (χ1v) is 5.66. The second kappa shape index (κ2) is 3.53. The van der Waals surface area contributed by atoms with Crippen molar-refractivity contribution in [3.8, 4) is 11.5 Å². The van der Waals surface area contributed by atoms with Gasteiger partial charge in [-0.05, 0) is 42.3 Å². The first-order valence-electron chi connectivity index (χ1n) is 5.28. The molecule has 80 valence electrons. The van der Waals surface area contributed by atoms with E-state index < -0.39 is 0 Å². The van der Waals surface area contributed by atoms with Gasteiger partial charge in [0.1, 0.15) is 11.5 Å². The third-order valence-corrected chi connectivity index (χ3v) is 3.08. The van der Waals surface area contributed by atoms with Crippen molar-refractivity contribution >= 4 is 11.6 Å². The molecule has 0 atom stereocenters. The quantitative estimate of drug-likeness (QED) is 0.558. The van der Waals surface area contributed by atoms with Crippen LogP contribution in [0.3, 0.4) is 0 Å². The van der Waals surface area contributed by atoms with E-state index in [9.17, 15) is 0 Å². The van der Waals surface area contributed by atoms with Crippen molar-refractivity contribution in [2.75, 3.05) is 0 Å². The Kier molecular flexibility index (Phi) is 2.15. The molecule has 1 nitrogen and oxygen atoms in total. The molecule has 0 saturated carbocycles. The minimum atomic E-state index is 0.762. The van der Waals surface area contributed by atoms with Gasteiger partial charge in [-0.3, -0.25) is 0 Å². The molecule has 0 aromatic heterocycles. The number of ether oxygens (including phenoxy) is 1. The van der Waals surface area contributed by atoms with E-state index in [0.29, 0.717) is 0 Å². The number of rotatable bonds is 0. The van der Waals surface area contributed by atoms with Gasteiger partial charge in [-0.15, -0.1) is 0 Å². The van der Waals surface area contributed by atoms with Crippen LogP contribution < -0.4 is 4.74 Å². The van der Waals surface area contributed by atoms with Crippen molar-refractivity contribution in [1.29, 1.82) is 0 Å². The van der Waals surface area contributed by atoms with Crippen molar-refractivity contribution in [3.05, 3.63) is 58.1 Å². The normalized spacial score (nSPS) is 12.6. The van der Waals surface area contributed by atoms with Gasteiger partial charge in [0, 0.05) is 17.0 Å². The van der Waals surface area contributed by atoms with Crippen LogP contribution >= 0.6 is 11.6 Å². The SMILES string of the molecule is Cc1ccc2c(c1)Oc1ccc(Cl)cc1C2. The molecule has 0 fully saturated rings. The van der Waals surface area contributed by atoms with Gasteiger partial charge in [-0.1, -0.05) is 23.7 Å². The number of benzene rings is 2. The van der Waals surface area contributed by atoms with Crippen molar-refractivity contribution in [1.82, 2.24) is 0 Å². The van der Waals surface area contributed by atoms with Gasteiger partial charge in [-0.2, -0.15) is 0 Å². The molecule has 0 unspecified atom stereocenters. The van der Waals surface area contributed by atoms with E-state index >= 15 is 0 Å². The summed E-state index contributed by atoms with van der Waals surface area (Å²) in [6.07, 6.45) is 0.894. The first kappa shape index (κ1) is 9.73. The molecular formula is C14H11ClO. The molecule has 2 heteroatoms. The van der Waals surface area contributed by atoms with Gasteiger partial charge in [-0.25, -0.2) is 0 Å². The van der Waals surface area contributed by atoms with Gasteiger partial charge in [0.05, 0.1) is 0 Å². The summed E-state index contributed by atoms with van der Waals surface area (Å²) in [4.78, 5) is 0. The summed E-state index contributed by atoms with van der Waals surface area (Å²) >= 11 is 5.97. The molecular weight excluding hydrogens is 220 g/mol. The summed E-state index contributed by atoms with van der Waals surface area (Å²) < 4.78 is 5.85. The molecule has 2 aromatic carbocycles. The molecule has 1 heterocycles. The van der Waals surface area contributed by atoms with E-state index in [1.54, 1.807) is 0 Å². The molecule has 1 aliphatic heterocycles. The highest BCUT2D eigenvalue weighted by Gasteiger charge is 2.16. The van der Waals surface area contributed by atoms with Gasteiger partial charge >= 0.3 is 0 Å². The molecule has 0 saturated heterocycles. The van der Waals surface area contributed by atoms with Crippen LogP contribution in [0.4, 0.5) is 0 Å². The van der Waals surface area contributed by atoms with Crippen LogP contribution in [0.25, 0.3) is 0 Å². The van der Waals surface area contributed by atoms with Crippen molar-refractivity contribution in [2.45, 2.75) is 13.3 Å². The zero-order chi connectivity index (χ0) is 11.1. The van der Waals surface area contributed by atoms with Gasteiger partial charge in [0.15, 0.2) is 0 Å². The first-order chi connectivity index (χ1) is 7.72. The fourth-order valence-electron chi connectivity index (χ4n) is 2.01. The van der Waals surface area contributed by atoms with E-state index in [0.717, 1.165) is 28.5 Å². The van der Waals surface area contributed by atoms with E-state index in [2.05, 4.69) is 25.1 Å². The number of halogens is 1. The molecule has 2 aromatic rings. The monoisotopic (exact) mass is 230 g/mol. The Labute approximate surface area is 99.6 Å². The lowest BCUT2D eigenvalue weighted by Crippen LogP contribution is -2.02. The van der Waals surface area contributed by atoms with Crippen LogP contribution in [-0.2, 0) is 6.42 Å². The van der Waals surface area contributed by atoms with Gasteiger partial charge < -0.3 is 4.74 Å². The van der Waals surface area contributed by atoms with Crippen molar-refractivity contribution < 1.29 is 4.74 Å². The number of fused-ring (bicyclic) bond motifs is 2. The summed E-state index contributed by atoms with van der Waals surface area (Å²) in [6, 6.07) is 12.1. The molecule has 0 aliphatic carbocycles. The smallest absolute Gasteiger partial charge is 0.131 e. The van der Waals surface area contributed by atoms with Crippen LogP contribution in [0.5, 0.6) is 11.5 Å². The summed E-state index contributed by atoms with van der Waals surface area (Å²) in [5, 5.41) is 0.762. The van der Waals surface area contributed by atoms with E-state index in [-0.39, 0.29) is 0 Å². The minimum absolute atomic E-state index is 0.762. The average Bonchev–Trinajstić information content (AvgIpc) is 2.26. The number of aryl methyl sites for hydroxylation is 1. The average molecular weight is 231 g/mol. The van der Waals surface area contributed by atoms with Crippen molar-refractivity contribution in [3.63, 3.8) is 0 Å². The second-order valence-electron chi connectivity index (χ2n) is 4.14. The topological polar surface area (TPSA) is 9.23 Å². The predicted octanol–water partition coefficient (Wildman–Crippen LogP) is 4.34. The zero-order valence-electron chi connectivity index (χ0n) is 8.96. The maximum atomic E-state index is 5.97. The summed E-state index contributed by atoms with van der Waals surface area (Å²) in [5.41, 5.74) is 3.60. The second-order valence-corrected chi connectivity index (χ2v) is 4.58. The zero-order valence-corrected chi connectivity index (χ0v) is 9.71. The molecule has 0 spiro atoms. The Morgan fingerprint density at radius 3 is 2.75 bits per heavy atom.